The molecule has 11 heteroatoms. The Bertz CT molecular complexity index is 1700. The van der Waals surface area contributed by atoms with Crippen LogP contribution in [0.3, 0.4) is 0 Å². The van der Waals surface area contributed by atoms with Gasteiger partial charge in [0.2, 0.25) is 6.79 Å². The second kappa shape index (κ2) is 11.6. The van der Waals surface area contributed by atoms with Crippen LogP contribution >= 0.6 is 0 Å². The molecule has 3 heterocycles. The summed E-state index contributed by atoms with van der Waals surface area (Å²) in [4.78, 5) is 28.2. The molecule has 1 amide bonds. The molecule has 2 N–H and O–H groups in total. The summed E-state index contributed by atoms with van der Waals surface area (Å²) in [6.07, 6.45) is 1.47. The highest BCUT2D eigenvalue weighted by Crippen LogP contribution is 2.36. The van der Waals surface area contributed by atoms with Crippen LogP contribution in [0.2, 0.25) is 0 Å². The molecule has 218 valence electrons. The van der Waals surface area contributed by atoms with E-state index in [1.165, 1.54) is 20.3 Å². The van der Waals surface area contributed by atoms with Gasteiger partial charge in [-0.2, -0.15) is 0 Å². The van der Waals surface area contributed by atoms with Gasteiger partial charge in [-0.1, -0.05) is 12.1 Å². The lowest BCUT2D eigenvalue weighted by Crippen LogP contribution is -2.44. The van der Waals surface area contributed by atoms with Crippen LogP contribution in [-0.2, 0) is 6.54 Å². The number of methoxy groups -OCH3 is 2. The molecule has 1 aromatic heterocycles. The monoisotopic (exact) mass is 575 g/mol. The van der Waals surface area contributed by atoms with Crippen LogP contribution in [0.5, 0.6) is 23.0 Å². The van der Waals surface area contributed by atoms with Gasteiger partial charge in [0.1, 0.15) is 11.4 Å². The Hall–Kier alpha value is -4.77. The van der Waals surface area contributed by atoms with Crippen LogP contribution in [0.4, 0.5) is 15.8 Å². The maximum absolute atomic E-state index is 14.9. The number of nitrogens with one attached hydrogen (secondary N) is 2. The Balaban J connectivity index is 1.13. The fourth-order valence-electron chi connectivity index (χ4n) is 5.30. The lowest BCUT2D eigenvalue weighted by Gasteiger charge is -2.32. The van der Waals surface area contributed by atoms with Gasteiger partial charge in [-0.3, -0.25) is 14.5 Å². The number of amides is 1. The number of benzene rings is 3. The van der Waals surface area contributed by atoms with Crippen LogP contribution in [-0.4, -0.2) is 51.0 Å². The smallest absolute Gasteiger partial charge is 0.287 e. The van der Waals surface area contributed by atoms with Crippen molar-refractivity contribution in [3.05, 3.63) is 82.0 Å². The van der Waals surface area contributed by atoms with Crippen LogP contribution < -0.4 is 35.0 Å². The second-order valence-electron chi connectivity index (χ2n) is 10.2. The highest BCUT2D eigenvalue weighted by Gasteiger charge is 2.25. The van der Waals surface area contributed by atoms with E-state index in [0.717, 1.165) is 61.7 Å². The SMILES string of the molecule is COc1ccc(Nc2cc3oc(C(=O)NC4CCN(Cc5cccc6c5OCO6)CC4)cc(=O)c3cc2F)cc1OC. The second-order valence-corrected chi connectivity index (χ2v) is 10.2. The summed E-state index contributed by atoms with van der Waals surface area (Å²) < 4.78 is 42.4. The van der Waals surface area contributed by atoms with Crippen molar-refractivity contribution >= 4 is 28.3 Å². The molecule has 0 saturated carbocycles. The highest BCUT2D eigenvalue weighted by molar-refractivity contribution is 5.93. The fraction of sp³-hybridized carbons (Fsp3) is 0.290. The molecule has 4 aromatic rings. The minimum absolute atomic E-state index is 0.0389. The molecule has 0 atom stereocenters. The van der Waals surface area contributed by atoms with Crippen molar-refractivity contribution in [2.45, 2.75) is 25.4 Å². The number of nitrogens with zero attached hydrogens (tertiary/aromatic N) is 1. The Morgan fingerprint density at radius 1 is 1.02 bits per heavy atom. The van der Waals surface area contributed by atoms with E-state index >= 15 is 0 Å². The summed E-state index contributed by atoms with van der Waals surface area (Å²) in [6.45, 7) is 2.52. The molecular formula is C31H30FN3O7. The number of carbonyl (C=O) groups excluding carboxylic acids is 1. The topological polar surface area (TPSA) is 112 Å². The first-order valence-corrected chi connectivity index (χ1v) is 13.6. The quantitative estimate of drug-likeness (QED) is 0.306. The maximum Gasteiger partial charge on any atom is 0.287 e. The first-order valence-electron chi connectivity index (χ1n) is 13.6. The number of anilines is 2. The molecule has 1 fully saturated rings. The minimum Gasteiger partial charge on any atom is -0.493 e. The van der Waals surface area contributed by atoms with E-state index in [0.29, 0.717) is 17.2 Å². The average molecular weight is 576 g/mol. The van der Waals surface area contributed by atoms with E-state index < -0.39 is 17.2 Å². The first-order chi connectivity index (χ1) is 20.4. The third kappa shape index (κ3) is 5.55. The normalized spacial score (nSPS) is 15.0. The van der Waals surface area contributed by atoms with Crippen LogP contribution in [0.25, 0.3) is 11.0 Å². The maximum atomic E-state index is 14.9. The molecule has 10 nitrogen and oxygen atoms in total. The number of hydrogen-bond acceptors (Lipinski definition) is 9. The van der Waals surface area contributed by atoms with Gasteiger partial charge >= 0.3 is 0 Å². The number of hydrogen-bond donors (Lipinski definition) is 2. The zero-order chi connectivity index (χ0) is 29.2. The van der Waals surface area contributed by atoms with Crippen LogP contribution in [0, 0.1) is 5.82 Å². The van der Waals surface area contributed by atoms with Crippen molar-refractivity contribution in [1.29, 1.82) is 0 Å². The van der Waals surface area contributed by atoms with Crippen molar-refractivity contribution in [3.63, 3.8) is 0 Å². The van der Waals surface area contributed by atoms with Gasteiger partial charge in [0, 0.05) is 55.1 Å². The Labute approximate surface area is 240 Å². The highest BCUT2D eigenvalue weighted by atomic mass is 19.1. The number of carbonyl (C=O) groups is 1. The van der Waals surface area contributed by atoms with E-state index in [9.17, 15) is 14.0 Å². The van der Waals surface area contributed by atoms with E-state index in [4.69, 9.17) is 23.4 Å². The molecule has 1 saturated heterocycles. The number of para-hydroxylation sites is 1. The van der Waals surface area contributed by atoms with Crippen molar-refractivity contribution in [2.75, 3.05) is 39.4 Å². The van der Waals surface area contributed by atoms with Gasteiger partial charge in [0.05, 0.1) is 25.3 Å². The van der Waals surface area contributed by atoms with Crippen LogP contribution in [0.15, 0.2) is 63.8 Å². The molecule has 3 aromatic carbocycles. The van der Waals surface area contributed by atoms with E-state index in [1.807, 2.05) is 18.2 Å². The molecule has 6 rings (SSSR count). The van der Waals surface area contributed by atoms with Gasteiger partial charge in [-0.15, -0.1) is 0 Å². The Morgan fingerprint density at radius 3 is 2.62 bits per heavy atom. The van der Waals surface area contributed by atoms with Gasteiger partial charge < -0.3 is 34.0 Å². The molecule has 2 aliphatic heterocycles. The van der Waals surface area contributed by atoms with Crippen molar-refractivity contribution < 1.29 is 32.5 Å². The van der Waals surface area contributed by atoms with Crippen molar-refractivity contribution in [1.82, 2.24) is 10.2 Å². The van der Waals surface area contributed by atoms with Crippen molar-refractivity contribution in [3.8, 4) is 23.0 Å². The van der Waals surface area contributed by atoms with Crippen molar-refractivity contribution in [2.24, 2.45) is 0 Å². The minimum atomic E-state index is -0.645. The first kappa shape index (κ1) is 27.4. The summed E-state index contributed by atoms with van der Waals surface area (Å²) in [7, 11) is 3.03. The van der Waals surface area contributed by atoms with E-state index in [2.05, 4.69) is 15.5 Å². The van der Waals surface area contributed by atoms with Gasteiger partial charge in [0.15, 0.2) is 34.2 Å². The molecule has 0 spiro atoms. The lowest BCUT2D eigenvalue weighted by molar-refractivity contribution is 0.0881. The predicted molar refractivity (Wildman–Crippen MR) is 154 cm³/mol. The lowest BCUT2D eigenvalue weighted by atomic mass is 10.0. The number of ether oxygens (including phenoxy) is 4. The number of fused-ring (bicyclic) bond motifs is 2. The Morgan fingerprint density at radius 2 is 1.83 bits per heavy atom. The predicted octanol–water partition coefficient (Wildman–Crippen LogP) is 4.82. The van der Waals surface area contributed by atoms with E-state index in [1.54, 1.807) is 18.2 Å². The third-order valence-corrected chi connectivity index (χ3v) is 7.50. The molecule has 0 radical (unpaired) electrons. The van der Waals surface area contributed by atoms with Gasteiger partial charge in [-0.05, 0) is 37.1 Å². The number of halogens is 1. The summed E-state index contributed by atoms with van der Waals surface area (Å²) in [5.41, 5.74) is 1.26. The summed E-state index contributed by atoms with van der Waals surface area (Å²) in [5, 5.41) is 5.99. The zero-order valence-corrected chi connectivity index (χ0v) is 23.2. The molecule has 0 bridgehead atoms. The van der Waals surface area contributed by atoms with E-state index in [-0.39, 0.29) is 35.3 Å². The third-order valence-electron chi connectivity index (χ3n) is 7.50. The largest absolute Gasteiger partial charge is 0.493 e. The summed E-state index contributed by atoms with van der Waals surface area (Å²) in [5.74, 6) is 1.28. The Kier molecular flexibility index (Phi) is 7.58. The number of likely N-dealkylation sites (tertiary alicyclic amines) is 1. The summed E-state index contributed by atoms with van der Waals surface area (Å²) >= 11 is 0. The molecule has 0 aliphatic carbocycles. The average Bonchev–Trinajstić information content (AvgIpc) is 3.49. The number of piperidine rings is 1. The van der Waals surface area contributed by atoms with Gasteiger partial charge in [-0.25, -0.2) is 4.39 Å². The standard InChI is InChI=1S/C31H30FN3O7/c1-38-25-7-6-20(12-28(25)39-2)33-23-14-27-21(13-22(23)32)24(36)15-29(42-27)31(37)34-19-8-10-35(11-9-19)16-18-4-3-5-26-30(18)41-17-40-26/h3-7,12-15,19,33H,8-11,16-17H2,1-2H3,(H,34,37). The fourth-order valence-corrected chi connectivity index (χ4v) is 5.30. The molecule has 2 aliphatic rings. The molecular weight excluding hydrogens is 545 g/mol. The number of rotatable bonds is 8. The van der Waals surface area contributed by atoms with Gasteiger partial charge in [0.25, 0.3) is 5.91 Å². The molecule has 42 heavy (non-hydrogen) atoms. The summed E-state index contributed by atoms with van der Waals surface area (Å²) in [6, 6.07) is 14.4. The zero-order valence-electron chi connectivity index (χ0n) is 23.2. The van der Waals surface area contributed by atoms with Crippen LogP contribution in [0.1, 0.15) is 29.0 Å². The molecule has 0 unspecified atom stereocenters.